The highest BCUT2D eigenvalue weighted by Crippen LogP contribution is 2.33. The largest absolute Gasteiger partial charge is 0.364 e. The van der Waals surface area contributed by atoms with Crippen molar-refractivity contribution in [1.82, 2.24) is 15.0 Å². The van der Waals surface area contributed by atoms with E-state index in [1.165, 1.54) is 5.56 Å². The summed E-state index contributed by atoms with van der Waals surface area (Å²) in [6.45, 7) is 0. The Morgan fingerprint density at radius 1 is 1.09 bits per heavy atom. The number of carbonyl (C=O) groups is 1. The summed E-state index contributed by atoms with van der Waals surface area (Å²) in [6.07, 6.45) is 8.15. The van der Waals surface area contributed by atoms with Crippen molar-refractivity contribution >= 4 is 11.7 Å². The highest BCUT2D eigenvalue weighted by Gasteiger charge is 2.24. The molecule has 0 aliphatic heterocycles. The zero-order chi connectivity index (χ0) is 15.6. The van der Waals surface area contributed by atoms with E-state index in [9.17, 15) is 4.79 Å². The van der Waals surface area contributed by atoms with Crippen LogP contribution in [0.5, 0.6) is 0 Å². The number of aromatic nitrogens is 3. The molecule has 1 aliphatic rings. The van der Waals surface area contributed by atoms with Crippen LogP contribution in [0.25, 0.3) is 11.3 Å². The standard InChI is InChI=1S/C18H16N4O/c23-18(22-15-8-1-2-9-19-15)13-11-21-14-7-3-5-12-6-4-10-20-17(12)16(13)14/h1-2,4,6,8-11,21H,3,5,7H2,(H,19,22,23). The van der Waals surface area contributed by atoms with Crippen LogP contribution in [0.15, 0.2) is 48.9 Å². The lowest BCUT2D eigenvalue weighted by Crippen LogP contribution is -2.13. The minimum atomic E-state index is -0.167. The number of hydrogen-bond donors (Lipinski definition) is 2. The molecule has 0 spiro atoms. The van der Waals surface area contributed by atoms with E-state index in [0.29, 0.717) is 11.4 Å². The molecule has 5 nitrogen and oxygen atoms in total. The normalized spacial score (nSPS) is 12.9. The summed E-state index contributed by atoms with van der Waals surface area (Å²) in [6, 6.07) is 9.47. The van der Waals surface area contributed by atoms with Crippen LogP contribution < -0.4 is 5.32 Å². The molecule has 1 aliphatic carbocycles. The minimum absolute atomic E-state index is 0.167. The van der Waals surface area contributed by atoms with Crippen molar-refractivity contribution < 1.29 is 4.79 Å². The van der Waals surface area contributed by atoms with Crippen molar-refractivity contribution in [2.45, 2.75) is 19.3 Å². The number of aromatic amines is 1. The van der Waals surface area contributed by atoms with Gasteiger partial charge in [0.25, 0.3) is 5.91 Å². The van der Waals surface area contributed by atoms with E-state index >= 15 is 0 Å². The summed E-state index contributed by atoms with van der Waals surface area (Å²) in [5.41, 5.74) is 4.72. The van der Waals surface area contributed by atoms with Gasteiger partial charge in [0.1, 0.15) is 5.82 Å². The van der Waals surface area contributed by atoms with Gasteiger partial charge < -0.3 is 10.3 Å². The number of amides is 1. The molecule has 4 rings (SSSR count). The quantitative estimate of drug-likeness (QED) is 0.763. The van der Waals surface area contributed by atoms with Gasteiger partial charge in [0.15, 0.2) is 0 Å². The first-order chi connectivity index (χ1) is 11.3. The molecule has 0 fully saturated rings. The van der Waals surface area contributed by atoms with Crippen molar-refractivity contribution in [3.63, 3.8) is 0 Å². The third-order valence-corrected chi connectivity index (χ3v) is 4.11. The predicted octanol–water partition coefficient (Wildman–Crippen LogP) is 3.21. The highest BCUT2D eigenvalue weighted by molar-refractivity contribution is 6.08. The Morgan fingerprint density at radius 2 is 2.00 bits per heavy atom. The van der Waals surface area contributed by atoms with E-state index in [0.717, 1.165) is 36.2 Å². The highest BCUT2D eigenvalue weighted by atomic mass is 16.1. The van der Waals surface area contributed by atoms with Crippen molar-refractivity contribution in [3.05, 3.63) is 65.7 Å². The molecule has 0 radical (unpaired) electrons. The van der Waals surface area contributed by atoms with Crippen LogP contribution in [0.4, 0.5) is 5.82 Å². The van der Waals surface area contributed by atoms with Crippen molar-refractivity contribution in [2.24, 2.45) is 0 Å². The second kappa shape index (κ2) is 5.68. The zero-order valence-electron chi connectivity index (χ0n) is 12.5. The molecule has 23 heavy (non-hydrogen) atoms. The number of aryl methyl sites for hydroxylation is 2. The van der Waals surface area contributed by atoms with Crippen LogP contribution in [0, 0.1) is 0 Å². The number of carbonyl (C=O) groups excluding carboxylic acids is 1. The van der Waals surface area contributed by atoms with Crippen molar-refractivity contribution in [1.29, 1.82) is 0 Å². The third kappa shape index (κ3) is 2.50. The van der Waals surface area contributed by atoms with Gasteiger partial charge in [0.05, 0.1) is 11.3 Å². The summed E-state index contributed by atoms with van der Waals surface area (Å²) in [7, 11) is 0. The van der Waals surface area contributed by atoms with Crippen LogP contribution in [-0.2, 0) is 12.8 Å². The fourth-order valence-electron chi connectivity index (χ4n) is 3.05. The van der Waals surface area contributed by atoms with E-state index in [1.54, 1.807) is 24.7 Å². The smallest absolute Gasteiger partial charge is 0.259 e. The average molecular weight is 304 g/mol. The van der Waals surface area contributed by atoms with Gasteiger partial charge in [-0.05, 0) is 43.0 Å². The van der Waals surface area contributed by atoms with Crippen LogP contribution in [0.2, 0.25) is 0 Å². The summed E-state index contributed by atoms with van der Waals surface area (Å²) in [5.74, 6) is 0.377. The Bertz CT molecular complexity index is 854. The molecule has 3 aromatic rings. The molecule has 5 heteroatoms. The lowest BCUT2D eigenvalue weighted by molar-refractivity contribution is 0.102. The van der Waals surface area contributed by atoms with Crippen LogP contribution in [0.3, 0.4) is 0 Å². The fourth-order valence-corrected chi connectivity index (χ4v) is 3.05. The van der Waals surface area contributed by atoms with Gasteiger partial charge in [-0.2, -0.15) is 0 Å². The van der Waals surface area contributed by atoms with Gasteiger partial charge in [-0.25, -0.2) is 4.98 Å². The maximum Gasteiger partial charge on any atom is 0.259 e. The number of hydrogen-bond acceptors (Lipinski definition) is 3. The van der Waals surface area contributed by atoms with E-state index < -0.39 is 0 Å². The van der Waals surface area contributed by atoms with Gasteiger partial charge >= 0.3 is 0 Å². The van der Waals surface area contributed by atoms with Crippen LogP contribution >= 0.6 is 0 Å². The summed E-state index contributed by atoms with van der Waals surface area (Å²) >= 11 is 0. The maximum absolute atomic E-state index is 12.7. The van der Waals surface area contributed by atoms with Crippen LogP contribution in [-0.4, -0.2) is 20.9 Å². The summed E-state index contributed by atoms with van der Waals surface area (Å²) < 4.78 is 0. The zero-order valence-corrected chi connectivity index (χ0v) is 12.5. The topological polar surface area (TPSA) is 70.7 Å². The van der Waals surface area contributed by atoms with Gasteiger partial charge in [0, 0.05) is 29.8 Å². The lowest BCUT2D eigenvalue weighted by atomic mass is 10.0. The van der Waals surface area contributed by atoms with E-state index in [4.69, 9.17) is 0 Å². The second-order valence-corrected chi connectivity index (χ2v) is 5.59. The molecule has 0 saturated heterocycles. The van der Waals surface area contributed by atoms with E-state index in [1.807, 2.05) is 18.2 Å². The Hall–Kier alpha value is -2.95. The molecule has 0 atom stereocenters. The molecule has 2 N–H and O–H groups in total. The first kappa shape index (κ1) is 13.7. The van der Waals surface area contributed by atoms with E-state index in [-0.39, 0.29) is 5.91 Å². The molecule has 114 valence electrons. The number of H-pyrrole nitrogens is 1. The van der Waals surface area contributed by atoms with E-state index in [2.05, 4.69) is 26.3 Å². The van der Waals surface area contributed by atoms with Crippen molar-refractivity contribution in [2.75, 3.05) is 5.32 Å². The first-order valence-electron chi connectivity index (χ1n) is 7.70. The second-order valence-electron chi connectivity index (χ2n) is 5.59. The molecule has 3 aromatic heterocycles. The molecular formula is C18H16N4O. The SMILES string of the molecule is O=C(Nc1ccccn1)c1c[nH]c2c1-c1ncccc1CCC2. The van der Waals surface area contributed by atoms with Gasteiger partial charge in [-0.1, -0.05) is 12.1 Å². The third-order valence-electron chi connectivity index (χ3n) is 4.11. The fraction of sp³-hybridized carbons (Fsp3) is 0.167. The van der Waals surface area contributed by atoms with Crippen molar-refractivity contribution in [3.8, 4) is 11.3 Å². The summed E-state index contributed by atoms with van der Waals surface area (Å²) in [5, 5.41) is 2.85. The Labute approximate surface area is 133 Å². The first-order valence-corrected chi connectivity index (χ1v) is 7.70. The summed E-state index contributed by atoms with van der Waals surface area (Å²) in [4.78, 5) is 24.6. The average Bonchev–Trinajstić information content (AvgIpc) is 2.92. The number of fused-ring (bicyclic) bond motifs is 3. The Kier molecular flexibility index (Phi) is 3.38. The molecule has 1 amide bonds. The van der Waals surface area contributed by atoms with Gasteiger partial charge in [-0.3, -0.25) is 9.78 Å². The minimum Gasteiger partial charge on any atom is -0.364 e. The number of nitrogens with one attached hydrogen (secondary N) is 2. The van der Waals surface area contributed by atoms with Gasteiger partial charge in [0.2, 0.25) is 0 Å². The number of nitrogens with zero attached hydrogens (tertiary/aromatic N) is 2. The molecule has 0 saturated carbocycles. The maximum atomic E-state index is 12.7. The number of rotatable bonds is 2. The Morgan fingerprint density at radius 3 is 2.87 bits per heavy atom. The molecule has 3 heterocycles. The molecule has 0 bridgehead atoms. The van der Waals surface area contributed by atoms with Gasteiger partial charge in [-0.15, -0.1) is 0 Å². The lowest BCUT2D eigenvalue weighted by Gasteiger charge is -2.08. The predicted molar refractivity (Wildman–Crippen MR) is 88.2 cm³/mol. The number of anilines is 1. The number of pyridine rings is 2. The van der Waals surface area contributed by atoms with Crippen LogP contribution in [0.1, 0.15) is 28.0 Å². The monoisotopic (exact) mass is 304 g/mol. The molecular weight excluding hydrogens is 288 g/mol. The molecule has 0 aromatic carbocycles. The Balaban J connectivity index is 1.76. The molecule has 0 unspecified atom stereocenters.